The van der Waals surface area contributed by atoms with E-state index in [2.05, 4.69) is 41.4 Å². The molecule has 0 aliphatic carbocycles. The first kappa shape index (κ1) is 23.1. The van der Waals surface area contributed by atoms with Crippen LogP contribution in [-0.4, -0.2) is 46.9 Å². The Morgan fingerprint density at radius 3 is 2.48 bits per heavy atom. The third-order valence-corrected chi connectivity index (χ3v) is 4.91. The van der Waals surface area contributed by atoms with Crippen LogP contribution in [-0.2, 0) is 12.8 Å². The molecular weight excluding hydrogens is 481 g/mol. The van der Waals surface area contributed by atoms with Crippen molar-refractivity contribution in [3.8, 4) is 17.2 Å². The number of para-hydroxylation sites is 1. The third kappa shape index (κ3) is 5.07. The number of halogens is 1. The summed E-state index contributed by atoms with van der Waals surface area (Å²) in [5, 5.41) is 3.42. The van der Waals surface area contributed by atoms with Crippen molar-refractivity contribution in [1.82, 2.24) is 5.32 Å². The highest BCUT2D eigenvalue weighted by atomic mass is 127. The van der Waals surface area contributed by atoms with E-state index in [9.17, 15) is 0 Å². The van der Waals surface area contributed by atoms with Gasteiger partial charge in [0, 0.05) is 30.9 Å². The molecule has 1 aliphatic heterocycles. The molecule has 0 fully saturated rings. The van der Waals surface area contributed by atoms with Crippen LogP contribution < -0.4 is 24.4 Å². The molecule has 0 unspecified atom stereocenters. The van der Waals surface area contributed by atoms with Gasteiger partial charge in [0.2, 0.25) is 5.75 Å². The van der Waals surface area contributed by atoms with Gasteiger partial charge >= 0.3 is 0 Å². The Kier molecular flexibility index (Phi) is 8.88. The first-order valence-electron chi connectivity index (χ1n) is 9.65. The Hall–Kier alpha value is -2.16. The highest BCUT2D eigenvalue weighted by Crippen LogP contribution is 2.39. The number of benzene rings is 2. The van der Waals surface area contributed by atoms with Crippen LogP contribution in [0.15, 0.2) is 41.4 Å². The standard InChI is InChI=1S/C22H29N3O3.HI/c1-5-23-22(25-15-13-16-8-6-7-9-18(16)25)24-14-12-17-10-11-19(26-2)21(28-4)20(17)27-3;/h6-11H,5,12-15H2,1-4H3,(H,23,24);1H. The smallest absolute Gasteiger partial charge is 0.203 e. The van der Waals surface area contributed by atoms with Crippen LogP contribution in [0.3, 0.4) is 0 Å². The number of guanidine groups is 1. The number of anilines is 1. The molecule has 3 rings (SSSR count). The average molecular weight is 511 g/mol. The molecule has 7 heteroatoms. The number of nitrogens with zero attached hydrogens (tertiary/aromatic N) is 2. The molecule has 0 saturated heterocycles. The molecule has 1 heterocycles. The summed E-state index contributed by atoms with van der Waals surface area (Å²) >= 11 is 0. The van der Waals surface area contributed by atoms with Crippen LogP contribution in [0.25, 0.3) is 0 Å². The van der Waals surface area contributed by atoms with E-state index in [0.29, 0.717) is 23.8 Å². The Morgan fingerprint density at radius 2 is 1.79 bits per heavy atom. The molecule has 1 N–H and O–H groups in total. The number of fused-ring (bicyclic) bond motifs is 1. The Balaban J connectivity index is 0.00000300. The number of ether oxygens (including phenoxy) is 3. The highest BCUT2D eigenvalue weighted by molar-refractivity contribution is 14.0. The molecular formula is C22H30IN3O3. The fourth-order valence-corrected chi connectivity index (χ4v) is 3.60. The number of methoxy groups -OCH3 is 3. The van der Waals surface area contributed by atoms with Gasteiger partial charge in [0.1, 0.15) is 0 Å². The van der Waals surface area contributed by atoms with Gasteiger partial charge in [-0.05, 0) is 37.5 Å². The van der Waals surface area contributed by atoms with Gasteiger partial charge in [0.25, 0.3) is 0 Å². The maximum absolute atomic E-state index is 5.58. The van der Waals surface area contributed by atoms with Gasteiger partial charge in [-0.1, -0.05) is 24.3 Å². The van der Waals surface area contributed by atoms with E-state index in [1.807, 2.05) is 12.1 Å². The van der Waals surface area contributed by atoms with E-state index >= 15 is 0 Å². The third-order valence-electron chi connectivity index (χ3n) is 4.91. The lowest BCUT2D eigenvalue weighted by Crippen LogP contribution is -2.40. The van der Waals surface area contributed by atoms with E-state index in [4.69, 9.17) is 19.2 Å². The normalized spacial score (nSPS) is 12.8. The molecule has 0 atom stereocenters. The zero-order valence-electron chi connectivity index (χ0n) is 17.5. The minimum atomic E-state index is 0. The minimum Gasteiger partial charge on any atom is -0.493 e. The predicted molar refractivity (Wildman–Crippen MR) is 129 cm³/mol. The second-order valence-electron chi connectivity index (χ2n) is 6.51. The molecule has 1 aliphatic rings. The molecule has 6 nitrogen and oxygen atoms in total. The van der Waals surface area contributed by atoms with Crippen LogP contribution >= 0.6 is 24.0 Å². The van der Waals surface area contributed by atoms with Gasteiger partial charge in [-0.25, -0.2) is 0 Å². The predicted octanol–water partition coefficient (Wildman–Crippen LogP) is 3.90. The molecule has 0 aromatic heterocycles. The van der Waals surface area contributed by atoms with Gasteiger partial charge in [0.15, 0.2) is 17.5 Å². The van der Waals surface area contributed by atoms with Gasteiger partial charge < -0.3 is 24.4 Å². The molecule has 0 amide bonds. The number of rotatable bonds is 7. The fraction of sp³-hybridized carbons (Fsp3) is 0.409. The number of hydrogen-bond acceptors (Lipinski definition) is 4. The molecule has 0 radical (unpaired) electrons. The van der Waals surface area contributed by atoms with Crippen LogP contribution in [0, 0.1) is 0 Å². The maximum Gasteiger partial charge on any atom is 0.203 e. The summed E-state index contributed by atoms with van der Waals surface area (Å²) in [6.07, 6.45) is 1.79. The molecule has 29 heavy (non-hydrogen) atoms. The summed E-state index contributed by atoms with van der Waals surface area (Å²) < 4.78 is 16.4. The number of aliphatic imine (C=N–C) groups is 1. The highest BCUT2D eigenvalue weighted by Gasteiger charge is 2.22. The summed E-state index contributed by atoms with van der Waals surface area (Å²) in [5.74, 6) is 2.90. The lowest BCUT2D eigenvalue weighted by molar-refractivity contribution is 0.322. The van der Waals surface area contributed by atoms with Crippen LogP contribution in [0.2, 0.25) is 0 Å². The monoisotopic (exact) mass is 511 g/mol. The maximum atomic E-state index is 5.58. The molecule has 0 spiro atoms. The molecule has 2 aromatic carbocycles. The fourth-order valence-electron chi connectivity index (χ4n) is 3.60. The summed E-state index contributed by atoms with van der Waals surface area (Å²) in [6.45, 7) is 4.52. The Morgan fingerprint density at radius 1 is 1.03 bits per heavy atom. The first-order chi connectivity index (χ1) is 13.7. The van der Waals surface area contributed by atoms with Crippen molar-refractivity contribution in [1.29, 1.82) is 0 Å². The van der Waals surface area contributed by atoms with Crippen LogP contribution in [0.1, 0.15) is 18.1 Å². The van der Waals surface area contributed by atoms with E-state index < -0.39 is 0 Å². The Bertz CT molecular complexity index is 842. The van der Waals surface area contributed by atoms with Crippen LogP contribution in [0.4, 0.5) is 5.69 Å². The average Bonchev–Trinajstić information content (AvgIpc) is 3.16. The topological polar surface area (TPSA) is 55.3 Å². The second-order valence-corrected chi connectivity index (χ2v) is 6.51. The van der Waals surface area contributed by atoms with Crippen molar-refractivity contribution in [3.05, 3.63) is 47.5 Å². The summed E-state index contributed by atoms with van der Waals surface area (Å²) in [7, 11) is 4.89. The van der Waals surface area contributed by atoms with Gasteiger partial charge in [0.05, 0.1) is 21.3 Å². The van der Waals surface area contributed by atoms with Gasteiger partial charge in [-0.3, -0.25) is 4.99 Å². The lowest BCUT2D eigenvalue weighted by atomic mass is 10.1. The second kappa shape index (κ2) is 11.1. The summed E-state index contributed by atoms with van der Waals surface area (Å²) in [6, 6.07) is 12.4. The largest absolute Gasteiger partial charge is 0.493 e. The molecule has 0 bridgehead atoms. The molecule has 0 saturated carbocycles. The van der Waals surface area contributed by atoms with Gasteiger partial charge in [-0.15, -0.1) is 24.0 Å². The minimum absolute atomic E-state index is 0. The summed E-state index contributed by atoms with van der Waals surface area (Å²) in [5.41, 5.74) is 3.65. The van der Waals surface area contributed by atoms with Crippen molar-refractivity contribution in [2.45, 2.75) is 19.8 Å². The van der Waals surface area contributed by atoms with E-state index in [0.717, 1.165) is 37.5 Å². The summed E-state index contributed by atoms with van der Waals surface area (Å²) in [4.78, 5) is 7.14. The zero-order valence-corrected chi connectivity index (χ0v) is 19.9. The Labute approximate surface area is 190 Å². The van der Waals surface area contributed by atoms with E-state index in [1.165, 1.54) is 11.3 Å². The van der Waals surface area contributed by atoms with E-state index in [-0.39, 0.29) is 24.0 Å². The van der Waals surface area contributed by atoms with Crippen molar-refractivity contribution in [2.24, 2.45) is 4.99 Å². The van der Waals surface area contributed by atoms with Crippen molar-refractivity contribution >= 4 is 35.6 Å². The number of hydrogen-bond donors (Lipinski definition) is 1. The molecule has 158 valence electrons. The van der Waals surface area contributed by atoms with Crippen molar-refractivity contribution in [3.63, 3.8) is 0 Å². The van der Waals surface area contributed by atoms with Crippen molar-refractivity contribution in [2.75, 3.05) is 45.9 Å². The van der Waals surface area contributed by atoms with Gasteiger partial charge in [-0.2, -0.15) is 0 Å². The zero-order chi connectivity index (χ0) is 19.9. The van der Waals surface area contributed by atoms with Crippen molar-refractivity contribution < 1.29 is 14.2 Å². The number of nitrogens with one attached hydrogen (secondary N) is 1. The van der Waals surface area contributed by atoms with E-state index in [1.54, 1.807) is 21.3 Å². The van der Waals surface area contributed by atoms with Crippen LogP contribution in [0.5, 0.6) is 17.2 Å². The molecule has 2 aromatic rings. The lowest BCUT2D eigenvalue weighted by Gasteiger charge is -2.22. The first-order valence-corrected chi connectivity index (χ1v) is 9.65. The quantitative estimate of drug-likeness (QED) is 0.347. The SMILES string of the molecule is CCNC(=NCCc1ccc(OC)c(OC)c1OC)N1CCc2ccccc21.I.